The van der Waals surface area contributed by atoms with Crippen molar-refractivity contribution in [3.05, 3.63) is 41.8 Å². The minimum atomic E-state index is 0.136. The van der Waals surface area contributed by atoms with E-state index in [0.717, 1.165) is 37.2 Å². The Morgan fingerprint density at radius 1 is 1.50 bits per heavy atom. The Balaban J connectivity index is 1.63. The van der Waals surface area contributed by atoms with Crippen molar-refractivity contribution in [2.45, 2.75) is 38.5 Å². The van der Waals surface area contributed by atoms with E-state index in [1.165, 1.54) is 0 Å². The number of aryl methyl sites for hydroxylation is 1. The minimum absolute atomic E-state index is 0.136. The lowest BCUT2D eigenvalue weighted by molar-refractivity contribution is -0.131. The van der Waals surface area contributed by atoms with Gasteiger partial charge in [0.05, 0.1) is 6.42 Å². The molecule has 0 radical (unpaired) electrons. The molecule has 2 aromatic rings. The molecular formula is C16H20N4O2. The van der Waals surface area contributed by atoms with Gasteiger partial charge < -0.3 is 9.42 Å². The van der Waals surface area contributed by atoms with Crippen LogP contribution in [0.2, 0.25) is 0 Å². The van der Waals surface area contributed by atoms with Gasteiger partial charge in [0.25, 0.3) is 0 Å². The lowest BCUT2D eigenvalue weighted by Crippen LogP contribution is -2.40. The Kier molecular flexibility index (Phi) is 4.46. The first kappa shape index (κ1) is 14.7. The van der Waals surface area contributed by atoms with Crippen LogP contribution in [0.3, 0.4) is 0 Å². The molecule has 6 heteroatoms. The highest BCUT2D eigenvalue weighted by Gasteiger charge is 2.27. The van der Waals surface area contributed by atoms with Gasteiger partial charge in [0.1, 0.15) is 0 Å². The van der Waals surface area contributed by atoms with E-state index in [4.69, 9.17) is 4.52 Å². The molecule has 22 heavy (non-hydrogen) atoms. The smallest absolute Gasteiger partial charge is 0.227 e. The maximum absolute atomic E-state index is 12.4. The number of carbonyl (C=O) groups is 1. The fourth-order valence-electron chi connectivity index (χ4n) is 2.78. The van der Waals surface area contributed by atoms with E-state index in [9.17, 15) is 4.79 Å². The first-order chi connectivity index (χ1) is 10.8. The second kappa shape index (κ2) is 6.68. The van der Waals surface area contributed by atoms with Crippen molar-refractivity contribution in [3.8, 4) is 0 Å². The summed E-state index contributed by atoms with van der Waals surface area (Å²) >= 11 is 0. The van der Waals surface area contributed by atoms with Crippen molar-refractivity contribution in [1.82, 2.24) is 20.0 Å². The number of carbonyl (C=O) groups excluding carboxylic acids is 1. The third-order valence-corrected chi connectivity index (χ3v) is 4.00. The zero-order valence-corrected chi connectivity index (χ0v) is 12.7. The van der Waals surface area contributed by atoms with Crippen LogP contribution in [0, 0.1) is 0 Å². The summed E-state index contributed by atoms with van der Waals surface area (Å²) in [6.45, 7) is 3.46. The average molecular weight is 300 g/mol. The van der Waals surface area contributed by atoms with Crippen LogP contribution >= 0.6 is 0 Å². The van der Waals surface area contributed by atoms with Gasteiger partial charge in [-0.25, -0.2) is 0 Å². The van der Waals surface area contributed by atoms with Gasteiger partial charge in [-0.2, -0.15) is 4.98 Å². The highest BCUT2D eigenvalue weighted by atomic mass is 16.5. The van der Waals surface area contributed by atoms with Crippen molar-refractivity contribution >= 4 is 5.91 Å². The Labute approximate surface area is 129 Å². The summed E-state index contributed by atoms with van der Waals surface area (Å²) in [5.74, 6) is 1.71. The van der Waals surface area contributed by atoms with Gasteiger partial charge in [0.15, 0.2) is 5.82 Å². The lowest BCUT2D eigenvalue weighted by atomic mass is 9.97. The zero-order valence-electron chi connectivity index (χ0n) is 12.7. The lowest BCUT2D eigenvalue weighted by Gasteiger charge is -2.31. The van der Waals surface area contributed by atoms with E-state index in [0.29, 0.717) is 18.9 Å². The topological polar surface area (TPSA) is 72.1 Å². The summed E-state index contributed by atoms with van der Waals surface area (Å²) < 4.78 is 5.19. The second-order valence-corrected chi connectivity index (χ2v) is 5.62. The van der Waals surface area contributed by atoms with E-state index in [1.54, 1.807) is 12.4 Å². The summed E-state index contributed by atoms with van der Waals surface area (Å²) in [7, 11) is 0. The van der Waals surface area contributed by atoms with Crippen LogP contribution in [0.15, 0.2) is 29.0 Å². The van der Waals surface area contributed by atoms with Gasteiger partial charge in [0.2, 0.25) is 11.8 Å². The minimum Gasteiger partial charge on any atom is -0.342 e. The third kappa shape index (κ3) is 3.32. The fraction of sp³-hybridized carbons (Fsp3) is 0.500. The van der Waals surface area contributed by atoms with Crippen molar-refractivity contribution in [1.29, 1.82) is 0 Å². The molecule has 6 nitrogen and oxygen atoms in total. The van der Waals surface area contributed by atoms with Crippen LogP contribution < -0.4 is 0 Å². The summed E-state index contributed by atoms with van der Waals surface area (Å²) in [5.41, 5.74) is 0.947. The van der Waals surface area contributed by atoms with E-state index < -0.39 is 0 Å². The first-order valence-electron chi connectivity index (χ1n) is 7.75. The number of amides is 1. The molecule has 0 aliphatic carbocycles. The Bertz CT molecular complexity index is 626. The fourth-order valence-corrected chi connectivity index (χ4v) is 2.78. The molecule has 3 rings (SSSR count). The number of piperidine rings is 1. The molecule has 0 saturated carbocycles. The Morgan fingerprint density at radius 2 is 2.41 bits per heavy atom. The molecule has 1 aliphatic rings. The van der Waals surface area contributed by atoms with Crippen LogP contribution in [-0.2, 0) is 17.6 Å². The predicted molar refractivity (Wildman–Crippen MR) is 80.2 cm³/mol. The molecular weight excluding hydrogens is 280 g/mol. The number of nitrogens with zero attached hydrogens (tertiary/aromatic N) is 4. The molecule has 0 spiro atoms. The number of likely N-dealkylation sites (tertiary alicyclic amines) is 1. The number of hydrogen-bond donors (Lipinski definition) is 0. The van der Waals surface area contributed by atoms with Crippen molar-refractivity contribution in [2.75, 3.05) is 13.1 Å². The summed E-state index contributed by atoms with van der Waals surface area (Å²) in [5, 5.41) is 4.05. The molecule has 0 N–H and O–H groups in total. The van der Waals surface area contributed by atoms with Crippen molar-refractivity contribution < 1.29 is 9.32 Å². The van der Waals surface area contributed by atoms with E-state index in [1.807, 2.05) is 24.0 Å². The summed E-state index contributed by atoms with van der Waals surface area (Å²) in [6, 6.07) is 3.78. The highest BCUT2D eigenvalue weighted by molar-refractivity contribution is 5.78. The number of hydrogen-bond acceptors (Lipinski definition) is 5. The molecule has 1 fully saturated rings. The molecule has 0 aromatic carbocycles. The number of pyridine rings is 1. The maximum atomic E-state index is 12.4. The van der Waals surface area contributed by atoms with Crippen molar-refractivity contribution in [3.63, 3.8) is 0 Å². The van der Waals surface area contributed by atoms with Gasteiger partial charge in [-0.15, -0.1) is 0 Å². The van der Waals surface area contributed by atoms with Crippen LogP contribution in [0.5, 0.6) is 0 Å². The second-order valence-electron chi connectivity index (χ2n) is 5.62. The largest absolute Gasteiger partial charge is 0.342 e. The van der Waals surface area contributed by atoms with Gasteiger partial charge in [0, 0.05) is 37.8 Å². The van der Waals surface area contributed by atoms with Crippen molar-refractivity contribution in [2.24, 2.45) is 0 Å². The quantitative estimate of drug-likeness (QED) is 0.863. The van der Waals surface area contributed by atoms with Gasteiger partial charge in [-0.05, 0) is 24.5 Å². The number of aromatic nitrogens is 3. The third-order valence-electron chi connectivity index (χ3n) is 4.00. The van der Waals surface area contributed by atoms with Gasteiger partial charge in [-0.1, -0.05) is 18.1 Å². The molecule has 1 atom stereocenters. The zero-order chi connectivity index (χ0) is 15.4. The molecule has 0 bridgehead atoms. The average Bonchev–Trinajstić information content (AvgIpc) is 3.05. The van der Waals surface area contributed by atoms with Crippen LogP contribution in [0.4, 0.5) is 0 Å². The molecule has 1 aliphatic heterocycles. The van der Waals surface area contributed by atoms with Crippen LogP contribution in [0.1, 0.15) is 43.0 Å². The van der Waals surface area contributed by atoms with E-state index in [2.05, 4.69) is 15.1 Å². The van der Waals surface area contributed by atoms with Gasteiger partial charge >= 0.3 is 0 Å². The van der Waals surface area contributed by atoms with E-state index >= 15 is 0 Å². The molecule has 1 amide bonds. The molecule has 2 aromatic heterocycles. The molecule has 116 valence electrons. The summed E-state index contributed by atoms with van der Waals surface area (Å²) in [4.78, 5) is 22.8. The Hall–Kier alpha value is -2.24. The summed E-state index contributed by atoms with van der Waals surface area (Å²) in [6.07, 6.45) is 6.56. The van der Waals surface area contributed by atoms with Crippen LogP contribution in [-0.4, -0.2) is 39.0 Å². The normalized spacial score (nSPS) is 18.4. The highest BCUT2D eigenvalue weighted by Crippen LogP contribution is 2.25. The first-order valence-corrected chi connectivity index (χ1v) is 7.75. The molecule has 3 heterocycles. The van der Waals surface area contributed by atoms with Gasteiger partial charge in [-0.3, -0.25) is 9.78 Å². The number of rotatable bonds is 4. The monoisotopic (exact) mass is 300 g/mol. The standard InChI is InChI=1S/C16H20N4O2/c1-2-14-18-16(19-22-14)13-6-4-8-20(11-13)15(21)9-12-5-3-7-17-10-12/h3,5,7,10,13H,2,4,6,8-9,11H2,1H3/t13-/m1/s1. The SMILES string of the molecule is CCc1nc([C@@H]2CCCN(C(=O)Cc3cccnc3)C2)no1. The maximum Gasteiger partial charge on any atom is 0.227 e. The van der Waals surface area contributed by atoms with E-state index in [-0.39, 0.29) is 11.8 Å². The molecule has 1 saturated heterocycles. The predicted octanol–water partition coefficient (Wildman–Crippen LogP) is 1.98. The van der Waals surface area contributed by atoms with Crippen LogP contribution in [0.25, 0.3) is 0 Å². The molecule has 0 unspecified atom stereocenters. The Morgan fingerprint density at radius 3 is 3.14 bits per heavy atom.